The van der Waals surface area contributed by atoms with Gasteiger partial charge in [0.1, 0.15) is 0 Å². The van der Waals surface area contributed by atoms with Crippen molar-refractivity contribution in [3.63, 3.8) is 0 Å². The molecular formula is C15H22N2O2. The van der Waals surface area contributed by atoms with Crippen LogP contribution in [0.2, 0.25) is 0 Å². The number of methoxy groups -OCH3 is 1. The van der Waals surface area contributed by atoms with Crippen molar-refractivity contribution in [2.24, 2.45) is 0 Å². The molecule has 0 aromatic heterocycles. The molecule has 1 aromatic carbocycles. The second-order valence-electron chi connectivity index (χ2n) is 5.40. The van der Waals surface area contributed by atoms with Gasteiger partial charge in [0.2, 0.25) is 0 Å². The van der Waals surface area contributed by atoms with Gasteiger partial charge in [0, 0.05) is 31.9 Å². The first kappa shape index (κ1) is 13.9. The molecule has 1 saturated heterocycles. The maximum Gasteiger partial charge on any atom is 0.315 e. The van der Waals surface area contributed by atoms with Gasteiger partial charge in [-0.15, -0.1) is 0 Å². The summed E-state index contributed by atoms with van der Waals surface area (Å²) in [6.45, 7) is 7.88. The lowest BCUT2D eigenvalue weighted by Crippen LogP contribution is -2.43. The molecular weight excluding hydrogens is 240 g/mol. The third-order valence-electron chi connectivity index (χ3n) is 3.77. The minimum Gasteiger partial charge on any atom is -0.468 e. The standard InChI is InChI=1S/C15H22N2O2/c1-15(2,14(18)19-3)12-4-6-13(7-5-12)17-10-8-16-9-11-17/h4-7,16H,8-11H2,1-3H3. The van der Waals surface area contributed by atoms with E-state index in [-0.39, 0.29) is 5.97 Å². The fraction of sp³-hybridized carbons (Fsp3) is 0.533. The van der Waals surface area contributed by atoms with Crippen molar-refractivity contribution in [1.29, 1.82) is 0 Å². The number of nitrogens with zero attached hydrogens (tertiary/aromatic N) is 1. The van der Waals surface area contributed by atoms with Crippen LogP contribution in [0.15, 0.2) is 24.3 Å². The number of esters is 1. The number of nitrogens with one attached hydrogen (secondary N) is 1. The second kappa shape index (κ2) is 5.61. The van der Waals surface area contributed by atoms with Crippen molar-refractivity contribution < 1.29 is 9.53 Å². The Hall–Kier alpha value is -1.55. The van der Waals surface area contributed by atoms with Gasteiger partial charge in [0.25, 0.3) is 0 Å². The van der Waals surface area contributed by atoms with Gasteiger partial charge in [-0.05, 0) is 31.5 Å². The van der Waals surface area contributed by atoms with E-state index in [0.717, 1.165) is 31.7 Å². The van der Waals surface area contributed by atoms with Crippen molar-refractivity contribution in [2.45, 2.75) is 19.3 Å². The number of carbonyl (C=O) groups is 1. The molecule has 4 nitrogen and oxygen atoms in total. The molecule has 0 atom stereocenters. The highest BCUT2D eigenvalue weighted by atomic mass is 16.5. The van der Waals surface area contributed by atoms with E-state index in [1.807, 2.05) is 26.0 Å². The summed E-state index contributed by atoms with van der Waals surface area (Å²) in [5, 5.41) is 3.34. The molecule has 1 aromatic rings. The number of ether oxygens (including phenoxy) is 1. The van der Waals surface area contributed by atoms with E-state index in [0.29, 0.717) is 0 Å². The molecule has 0 bridgehead atoms. The quantitative estimate of drug-likeness (QED) is 0.839. The zero-order valence-electron chi connectivity index (χ0n) is 11.9. The van der Waals surface area contributed by atoms with E-state index < -0.39 is 5.41 Å². The van der Waals surface area contributed by atoms with Gasteiger partial charge in [0.15, 0.2) is 0 Å². The largest absolute Gasteiger partial charge is 0.468 e. The Labute approximate surface area is 114 Å². The molecule has 1 fully saturated rings. The monoisotopic (exact) mass is 262 g/mol. The zero-order chi connectivity index (χ0) is 13.9. The number of benzene rings is 1. The fourth-order valence-corrected chi connectivity index (χ4v) is 2.38. The molecule has 0 spiro atoms. The van der Waals surface area contributed by atoms with Crippen LogP contribution in [-0.2, 0) is 14.9 Å². The summed E-state index contributed by atoms with van der Waals surface area (Å²) in [5.74, 6) is -0.206. The van der Waals surface area contributed by atoms with E-state index >= 15 is 0 Å². The molecule has 1 aliphatic heterocycles. The molecule has 104 valence electrons. The lowest BCUT2D eigenvalue weighted by Gasteiger charge is -2.30. The van der Waals surface area contributed by atoms with Crippen LogP contribution >= 0.6 is 0 Å². The number of carbonyl (C=O) groups excluding carboxylic acids is 1. The maximum atomic E-state index is 11.8. The summed E-state index contributed by atoms with van der Waals surface area (Å²) in [6.07, 6.45) is 0. The number of hydrogen-bond donors (Lipinski definition) is 1. The lowest BCUT2D eigenvalue weighted by atomic mass is 9.84. The topological polar surface area (TPSA) is 41.6 Å². The zero-order valence-corrected chi connectivity index (χ0v) is 11.9. The Balaban J connectivity index is 2.15. The average Bonchev–Trinajstić information content (AvgIpc) is 2.47. The van der Waals surface area contributed by atoms with E-state index in [1.54, 1.807) is 0 Å². The van der Waals surface area contributed by atoms with Crippen molar-refractivity contribution in [3.8, 4) is 0 Å². The Morgan fingerprint density at radius 1 is 1.21 bits per heavy atom. The van der Waals surface area contributed by atoms with Crippen LogP contribution in [0.5, 0.6) is 0 Å². The van der Waals surface area contributed by atoms with Gasteiger partial charge in [-0.2, -0.15) is 0 Å². The number of rotatable bonds is 3. The normalized spacial score (nSPS) is 16.3. The van der Waals surface area contributed by atoms with Gasteiger partial charge in [-0.1, -0.05) is 12.1 Å². The lowest BCUT2D eigenvalue weighted by molar-refractivity contribution is -0.146. The molecule has 0 saturated carbocycles. The molecule has 1 heterocycles. The molecule has 1 aliphatic rings. The predicted molar refractivity (Wildman–Crippen MR) is 76.6 cm³/mol. The third kappa shape index (κ3) is 2.89. The minimum absolute atomic E-state index is 0.206. The van der Waals surface area contributed by atoms with Crippen molar-refractivity contribution >= 4 is 11.7 Å². The first-order chi connectivity index (χ1) is 9.05. The number of piperazine rings is 1. The molecule has 0 unspecified atom stereocenters. The van der Waals surface area contributed by atoms with E-state index in [9.17, 15) is 4.79 Å². The summed E-state index contributed by atoms with van der Waals surface area (Å²) < 4.78 is 4.86. The Bertz CT molecular complexity index is 434. The van der Waals surface area contributed by atoms with E-state index in [1.165, 1.54) is 12.8 Å². The van der Waals surface area contributed by atoms with Gasteiger partial charge in [-0.25, -0.2) is 0 Å². The molecule has 2 rings (SSSR count). The number of hydrogen-bond acceptors (Lipinski definition) is 4. The van der Waals surface area contributed by atoms with E-state index in [4.69, 9.17) is 4.74 Å². The van der Waals surface area contributed by atoms with Crippen LogP contribution in [0, 0.1) is 0 Å². The average molecular weight is 262 g/mol. The molecule has 0 amide bonds. The van der Waals surface area contributed by atoms with Gasteiger partial charge in [0.05, 0.1) is 12.5 Å². The van der Waals surface area contributed by atoms with Crippen LogP contribution in [0.1, 0.15) is 19.4 Å². The summed E-state index contributed by atoms with van der Waals surface area (Å²) in [4.78, 5) is 14.1. The first-order valence-electron chi connectivity index (χ1n) is 6.70. The molecule has 0 aliphatic carbocycles. The molecule has 1 N–H and O–H groups in total. The van der Waals surface area contributed by atoms with Crippen molar-refractivity contribution in [1.82, 2.24) is 5.32 Å². The third-order valence-corrected chi connectivity index (χ3v) is 3.77. The first-order valence-corrected chi connectivity index (χ1v) is 6.70. The fourth-order valence-electron chi connectivity index (χ4n) is 2.38. The van der Waals surface area contributed by atoms with Gasteiger partial charge >= 0.3 is 5.97 Å². The number of anilines is 1. The second-order valence-corrected chi connectivity index (χ2v) is 5.40. The summed E-state index contributed by atoms with van der Waals surface area (Å²) in [6, 6.07) is 8.22. The molecule has 0 radical (unpaired) electrons. The smallest absolute Gasteiger partial charge is 0.315 e. The highest BCUT2D eigenvalue weighted by Gasteiger charge is 2.30. The van der Waals surface area contributed by atoms with Crippen LogP contribution in [0.3, 0.4) is 0 Å². The van der Waals surface area contributed by atoms with Crippen LogP contribution in [0.4, 0.5) is 5.69 Å². The Morgan fingerprint density at radius 3 is 2.32 bits per heavy atom. The van der Waals surface area contributed by atoms with E-state index in [2.05, 4.69) is 22.3 Å². The van der Waals surface area contributed by atoms with Crippen LogP contribution < -0.4 is 10.2 Å². The highest BCUT2D eigenvalue weighted by Crippen LogP contribution is 2.27. The SMILES string of the molecule is COC(=O)C(C)(C)c1ccc(N2CCNCC2)cc1. The minimum atomic E-state index is -0.600. The maximum absolute atomic E-state index is 11.8. The highest BCUT2D eigenvalue weighted by molar-refractivity contribution is 5.82. The summed E-state index contributed by atoms with van der Waals surface area (Å²) in [7, 11) is 1.43. The van der Waals surface area contributed by atoms with Crippen molar-refractivity contribution in [2.75, 3.05) is 38.2 Å². The summed E-state index contributed by atoms with van der Waals surface area (Å²) >= 11 is 0. The Kier molecular flexibility index (Phi) is 4.10. The van der Waals surface area contributed by atoms with Crippen molar-refractivity contribution in [3.05, 3.63) is 29.8 Å². The van der Waals surface area contributed by atoms with Crippen LogP contribution in [-0.4, -0.2) is 39.3 Å². The van der Waals surface area contributed by atoms with Gasteiger partial charge in [-0.3, -0.25) is 4.79 Å². The van der Waals surface area contributed by atoms with Crippen LogP contribution in [0.25, 0.3) is 0 Å². The molecule has 4 heteroatoms. The summed E-state index contributed by atoms with van der Waals surface area (Å²) in [5.41, 5.74) is 1.60. The van der Waals surface area contributed by atoms with Gasteiger partial charge < -0.3 is 15.0 Å². The predicted octanol–water partition coefficient (Wildman–Crippen LogP) is 1.55. The Morgan fingerprint density at radius 2 is 1.79 bits per heavy atom. The molecule has 19 heavy (non-hydrogen) atoms.